The van der Waals surface area contributed by atoms with Gasteiger partial charge < -0.3 is 5.32 Å². The fraction of sp³-hybridized carbons (Fsp3) is 0.312. The van der Waals surface area contributed by atoms with Gasteiger partial charge in [0.25, 0.3) is 0 Å². The zero-order valence-corrected chi connectivity index (χ0v) is 13.6. The van der Waals surface area contributed by atoms with E-state index in [1.54, 1.807) is 13.1 Å². The number of thioether (sulfide) groups is 1. The molecule has 116 valence electrons. The largest absolute Gasteiger partial charge is 0.336 e. The Kier molecular flexibility index (Phi) is 5.38. The third-order valence-electron chi connectivity index (χ3n) is 2.93. The lowest BCUT2D eigenvalue weighted by Gasteiger charge is -2.14. The Bertz CT molecular complexity index is 683. The van der Waals surface area contributed by atoms with E-state index in [2.05, 4.69) is 15.6 Å². The molecule has 6 heteroatoms. The van der Waals surface area contributed by atoms with Crippen LogP contribution >= 0.6 is 11.8 Å². The number of fused-ring (bicyclic) bond motifs is 1. The first-order chi connectivity index (χ1) is 10.5. The first-order valence-corrected chi connectivity index (χ1v) is 7.97. The molecular formula is C16H19N3O2S. The number of pyridine rings is 1. The SMILES string of the molecule is CC(C)NC(=O)NC(=O)[C@H](C)Sc1cccc2cccnc12. The Morgan fingerprint density at radius 1 is 1.14 bits per heavy atom. The second-order valence-corrected chi connectivity index (χ2v) is 6.59. The molecule has 5 nitrogen and oxygen atoms in total. The van der Waals surface area contributed by atoms with E-state index >= 15 is 0 Å². The number of amides is 3. The number of urea groups is 1. The van der Waals surface area contributed by atoms with Gasteiger partial charge in [-0.3, -0.25) is 15.1 Å². The van der Waals surface area contributed by atoms with Crippen molar-refractivity contribution >= 4 is 34.6 Å². The zero-order chi connectivity index (χ0) is 16.1. The molecule has 3 amide bonds. The van der Waals surface area contributed by atoms with Crippen molar-refractivity contribution in [1.82, 2.24) is 15.6 Å². The van der Waals surface area contributed by atoms with Crippen LogP contribution in [0.15, 0.2) is 41.4 Å². The van der Waals surface area contributed by atoms with Crippen LogP contribution in [0.5, 0.6) is 0 Å². The highest BCUT2D eigenvalue weighted by Gasteiger charge is 2.18. The van der Waals surface area contributed by atoms with E-state index in [1.165, 1.54) is 11.8 Å². The van der Waals surface area contributed by atoms with Crippen LogP contribution in [-0.2, 0) is 4.79 Å². The van der Waals surface area contributed by atoms with Crippen molar-refractivity contribution in [3.05, 3.63) is 36.5 Å². The van der Waals surface area contributed by atoms with E-state index in [9.17, 15) is 9.59 Å². The van der Waals surface area contributed by atoms with Crippen molar-refractivity contribution in [3.8, 4) is 0 Å². The standard InChI is InChI=1S/C16H19N3O2S/c1-10(2)18-16(21)19-15(20)11(3)22-13-8-4-6-12-7-5-9-17-14(12)13/h4-11H,1-3H3,(H2,18,19,20,21)/t11-/m0/s1. The lowest BCUT2D eigenvalue weighted by molar-refractivity contribution is -0.119. The fourth-order valence-corrected chi connectivity index (χ4v) is 2.91. The van der Waals surface area contributed by atoms with Crippen LogP contribution in [0.4, 0.5) is 4.79 Å². The van der Waals surface area contributed by atoms with Gasteiger partial charge in [0.15, 0.2) is 0 Å². The quantitative estimate of drug-likeness (QED) is 0.851. The van der Waals surface area contributed by atoms with Crippen molar-refractivity contribution in [1.29, 1.82) is 0 Å². The third kappa shape index (κ3) is 4.21. The molecule has 0 saturated heterocycles. The maximum absolute atomic E-state index is 12.1. The molecule has 1 heterocycles. The van der Waals surface area contributed by atoms with Crippen molar-refractivity contribution in [2.45, 2.75) is 37.0 Å². The van der Waals surface area contributed by atoms with E-state index in [-0.39, 0.29) is 11.9 Å². The van der Waals surface area contributed by atoms with Crippen LogP contribution in [0.1, 0.15) is 20.8 Å². The van der Waals surface area contributed by atoms with Crippen LogP contribution in [-0.4, -0.2) is 28.2 Å². The summed E-state index contributed by atoms with van der Waals surface area (Å²) in [5, 5.41) is 5.61. The van der Waals surface area contributed by atoms with Crippen molar-refractivity contribution in [2.75, 3.05) is 0 Å². The normalized spacial score (nSPS) is 12.2. The topological polar surface area (TPSA) is 71.1 Å². The number of carbonyl (C=O) groups is 2. The van der Waals surface area contributed by atoms with Gasteiger partial charge in [0.05, 0.1) is 10.8 Å². The van der Waals surface area contributed by atoms with Crippen LogP contribution < -0.4 is 10.6 Å². The first kappa shape index (κ1) is 16.3. The number of imide groups is 1. The number of aromatic nitrogens is 1. The highest BCUT2D eigenvalue weighted by atomic mass is 32.2. The maximum Gasteiger partial charge on any atom is 0.321 e. The van der Waals surface area contributed by atoms with Gasteiger partial charge in [0, 0.05) is 22.5 Å². The lowest BCUT2D eigenvalue weighted by Crippen LogP contribution is -2.45. The molecule has 1 aromatic heterocycles. The Morgan fingerprint density at radius 2 is 1.86 bits per heavy atom. The molecule has 0 spiro atoms. The summed E-state index contributed by atoms with van der Waals surface area (Å²) in [4.78, 5) is 28.9. The molecule has 0 aliphatic carbocycles. The van der Waals surface area contributed by atoms with Crippen LogP contribution in [0.3, 0.4) is 0 Å². The summed E-state index contributed by atoms with van der Waals surface area (Å²) in [5.41, 5.74) is 0.862. The molecule has 1 atom stereocenters. The number of hydrogen-bond acceptors (Lipinski definition) is 4. The predicted molar refractivity (Wildman–Crippen MR) is 88.9 cm³/mol. The van der Waals surface area contributed by atoms with Gasteiger partial charge in [0.1, 0.15) is 0 Å². The van der Waals surface area contributed by atoms with E-state index in [4.69, 9.17) is 0 Å². The smallest absolute Gasteiger partial charge is 0.321 e. The summed E-state index contributed by atoms with van der Waals surface area (Å²) in [7, 11) is 0. The first-order valence-electron chi connectivity index (χ1n) is 7.09. The van der Waals surface area contributed by atoms with Gasteiger partial charge in [-0.1, -0.05) is 18.2 Å². The average molecular weight is 317 g/mol. The molecule has 0 bridgehead atoms. The third-order valence-corrected chi connectivity index (χ3v) is 4.08. The number of rotatable bonds is 4. The Hall–Kier alpha value is -2.08. The number of hydrogen-bond donors (Lipinski definition) is 2. The molecule has 0 aliphatic rings. The molecule has 0 unspecified atom stereocenters. The zero-order valence-electron chi connectivity index (χ0n) is 12.8. The molecule has 1 aromatic carbocycles. The van der Waals surface area contributed by atoms with Gasteiger partial charge in [0.2, 0.25) is 5.91 Å². The van der Waals surface area contributed by atoms with Crippen LogP contribution in [0.2, 0.25) is 0 Å². The molecule has 2 aromatic rings. The molecule has 0 saturated carbocycles. The van der Waals surface area contributed by atoms with E-state index in [0.717, 1.165) is 15.8 Å². The summed E-state index contributed by atoms with van der Waals surface area (Å²) in [6, 6.07) is 9.21. The minimum absolute atomic E-state index is 0.0157. The minimum Gasteiger partial charge on any atom is -0.336 e. The molecule has 0 fully saturated rings. The Labute approximate surface area is 133 Å². The number of carbonyl (C=O) groups excluding carboxylic acids is 2. The Balaban J connectivity index is 2.06. The summed E-state index contributed by atoms with van der Waals surface area (Å²) in [6.07, 6.45) is 1.73. The number of nitrogens with one attached hydrogen (secondary N) is 2. The van der Waals surface area contributed by atoms with Gasteiger partial charge in [-0.25, -0.2) is 4.79 Å². The molecule has 0 radical (unpaired) electrons. The lowest BCUT2D eigenvalue weighted by atomic mass is 10.2. The summed E-state index contributed by atoms with van der Waals surface area (Å²) < 4.78 is 0. The number of benzene rings is 1. The second kappa shape index (κ2) is 7.26. The van der Waals surface area contributed by atoms with Gasteiger partial charge >= 0.3 is 6.03 Å². The highest BCUT2D eigenvalue weighted by Crippen LogP contribution is 2.29. The van der Waals surface area contributed by atoms with Crippen LogP contribution in [0, 0.1) is 0 Å². The fourth-order valence-electron chi connectivity index (χ4n) is 1.93. The minimum atomic E-state index is -0.469. The molecule has 2 rings (SSSR count). The molecular weight excluding hydrogens is 298 g/mol. The summed E-state index contributed by atoms with van der Waals surface area (Å²) in [5.74, 6) is -0.323. The second-order valence-electron chi connectivity index (χ2n) is 5.21. The summed E-state index contributed by atoms with van der Waals surface area (Å²) in [6.45, 7) is 5.44. The summed E-state index contributed by atoms with van der Waals surface area (Å²) >= 11 is 1.39. The van der Waals surface area contributed by atoms with Gasteiger partial charge in [-0.2, -0.15) is 0 Å². The monoisotopic (exact) mass is 317 g/mol. The van der Waals surface area contributed by atoms with Crippen molar-refractivity contribution in [3.63, 3.8) is 0 Å². The van der Waals surface area contributed by atoms with E-state index in [1.807, 2.05) is 44.2 Å². The van der Waals surface area contributed by atoms with Crippen molar-refractivity contribution in [2.24, 2.45) is 0 Å². The highest BCUT2D eigenvalue weighted by molar-refractivity contribution is 8.00. The van der Waals surface area contributed by atoms with Crippen molar-refractivity contribution < 1.29 is 9.59 Å². The number of nitrogens with zero attached hydrogens (tertiary/aromatic N) is 1. The average Bonchev–Trinajstić information content (AvgIpc) is 2.46. The van der Waals surface area contributed by atoms with E-state index in [0.29, 0.717) is 0 Å². The number of para-hydroxylation sites is 1. The Morgan fingerprint density at radius 3 is 2.59 bits per heavy atom. The van der Waals surface area contributed by atoms with Gasteiger partial charge in [-0.05, 0) is 32.9 Å². The maximum atomic E-state index is 12.1. The molecule has 0 aliphatic heterocycles. The molecule has 22 heavy (non-hydrogen) atoms. The molecule has 2 N–H and O–H groups in total. The predicted octanol–water partition coefficient (Wildman–Crippen LogP) is 2.95. The van der Waals surface area contributed by atoms with Crippen LogP contribution in [0.25, 0.3) is 10.9 Å². The van der Waals surface area contributed by atoms with E-state index < -0.39 is 11.3 Å². The van der Waals surface area contributed by atoms with Gasteiger partial charge in [-0.15, -0.1) is 11.8 Å².